The van der Waals surface area contributed by atoms with Crippen LogP contribution in [0.1, 0.15) is 31.0 Å². The summed E-state index contributed by atoms with van der Waals surface area (Å²) < 4.78 is 41.2. The van der Waals surface area contributed by atoms with E-state index in [2.05, 4.69) is 5.43 Å². The van der Waals surface area contributed by atoms with Gasteiger partial charge in [-0.2, -0.15) is 18.4 Å². The van der Waals surface area contributed by atoms with Crippen molar-refractivity contribution in [1.29, 1.82) is 5.26 Å². The van der Waals surface area contributed by atoms with Crippen LogP contribution in [-0.2, 0) is 4.79 Å². The Labute approximate surface area is 142 Å². The van der Waals surface area contributed by atoms with Crippen LogP contribution >= 0.6 is 0 Å². The van der Waals surface area contributed by atoms with Gasteiger partial charge >= 0.3 is 6.18 Å². The van der Waals surface area contributed by atoms with Crippen molar-refractivity contribution in [3.63, 3.8) is 0 Å². The standard InChI is InChI=1S/C18H16F3N3O/c1-17(2)10-24(23-16(17)25)15(18(19,20)21)12-6-7-14-11(8-12)4-3-5-13(14)9-22/h3-8,15H,10H2,1-2H3,(H,23,25). The fraction of sp³-hybridized carbons (Fsp3) is 0.333. The van der Waals surface area contributed by atoms with Crippen molar-refractivity contribution in [1.82, 2.24) is 10.4 Å². The first-order valence-corrected chi connectivity index (χ1v) is 7.71. The second-order valence-electron chi connectivity index (χ2n) is 6.79. The van der Waals surface area contributed by atoms with Crippen molar-refractivity contribution in [3.05, 3.63) is 47.5 Å². The summed E-state index contributed by atoms with van der Waals surface area (Å²) in [6.45, 7) is 3.16. The maximum atomic E-state index is 13.7. The Balaban J connectivity index is 2.08. The summed E-state index contributed by atoms with van der Waals surface area (Å²) in [7, 11) is 0. The molecule has 1 N–H and O–H groups in total. The van der Waals surface area contributed by atoms with Gasteiger partial charge in [-0.1, -0.05) is 24.3 Å². The van der Waals surface area contributed by atoms with Crippen molar-refractivity contribution < 1.29 is 18.0 Å². The third-order valence-electron chi connectivity index (χ3n) is 4.39. The Morgan fingerprint density at radius 2 is 2.00 bits per heavy atom. The van der Waals surface area contributed by atoms with Gasteiger partial charge < -0.3 is 0 Å². The largest absolute Gasteiger partial charge is 0.409 e. The van der Waals surface area contributed by atoms with E-state index >= 15 is 0 Å². The number of rotatable bonds is 2. The van der Waals surface area contributed by atoms with Crippen LogP contribution in [0.3, 0.4) is 0 Å². The molecular formula is C18H16F3N3O. The molecule has 2 aromatic rings. The predicted molar refractivity (Wildman–Crippen MR) is 86.1 cm³/mol. The van der Waals surface area contributed by atoms with Crippen LogP contribution in [0.4, 0.5) is 13.2 Å². The number of nitriles is 1. The molecule has 2 aromatic carbocycles. The van der Waals surface area contributed by atoms with Gasteiger partial charge in [0.15, 0.2) is 0 Å². The van der Waals surface area contributed by atoms with E-state index in [1.165, 1.54) is 18.2 Å². The van der Waals surface area contributed by atoms with Gasteiger partial charge in [0, 0.05) is 6.54 Å². The molecule has 130 valence electrons. The van der Waals surface area contributed by atoms with E-state index in [-0.39, 0.29) is 12.1 Å². The number of carbonyl (C=O) groups excluding carboxylic acids is 1. The smallest absolute Gasteiger partial charge is 0.287 e. The molecule has 0 saturated carbocycles. The summed E-state index contributed by atoms with van der Waals surface area (Å²) >= 11 is 0. The Hall–Kier alpha value is -2.59. The maximum Gasteiger partial charge on any atom is 0.409 e. The minimum atomic E-state index is -4.56. The predicted octanol–water partition coefficient (Wildman–Crippen LogP) is 3.69. The van der Waals surface area contributed by atoms with Crippen molar-refractivity contribution in [3.8, 4) is 6.07 Å². The molecule has 1 aliphatic rings. The summed E-state index contributed by atoms with van der Waals surface area (Å²) in [6, 6.07) is 9.30. The Kier molecular flexibility index (Phi) is 3.96. The molecule has 0 spiro atoms. The van der Waals surface area contributed by atoms with Crippen LogP contribution in [0.5, 0.6) is 0 Å². The zero-order valence-corrected chi connectivity index (χ0v) is 13.7. The molecule has 25 heavy (non-hydrogen) atoms. The van der Waals surface area contributed by atoms with Gasteiger partial charge in [0.05, 0.1) is 17.0 Å². The van der Waals surface area contributed by atoms with Crippen molar-refractivity contribution >= 4 is 16.7 Å². The van der Waals surface area contributed by atoms with Gasteiger partial charge in [0.2, 0.25) is 5.91 Å². The number of carbonyl (C=O) groups is 1. The van der Waals surface area contributed by atoms with Gasteiger partial charge in [0.1, 0.15) is 6.04 Å². The Morgan fingerprint density at radius 1 is 1.28 bits per heavy atom. The second-order valence-corrected chi connectivity index (χ2v) is 6.79. The molecule has 1 fully saturated rings. The molecule has 3 rings (SSSR count). The summed E-state index contributed by atoms with van der Waals surface area (Å²) in [5, 5.41) is 11.2. The quantitative estimate of drug-likeness (QED) is 0.901. The molecule has 0 bridgehead atoms. The average molecular weight is 347 g/mol. The first-order valence-electron chi connectivity index (χ1n) is 7.71. The molecule has 1 saturated heterocycles. The number of alkyl halides is 3. The van der Waals surface area contributed by atoms with Crippen LogP contribution in [0, 0.1) is 16.7 Å². The molecule has 1 amide bonds. The Morgan fingerprint density at radius 3 is 2.56 bits per heavy atom. The summed E-state index contributed by atoms with van der Waals surface area (Å²) in [4.78, 5) is 11.9. The second kappa shape index (κ2) is 5.74. The number of nitrogens with one attached hydrogen (secondary N) is 1. The third kappa shape index (κ3) is 3.05. The van der Waals surface area contributed by atoms with Crippen LogP contribution in [-0.4, -0.2) is 23.6 Å². The average Bonchev–Trinajstić information content (AvgIpc) is 2.78. The van der Waals surface area contributed by atoms with E-state index in [1.54, 1.807) is 32.0 Å². The van der Waals surface area contributed by atoms with E-state index in [0.29, 0.717) is 16.3 Å². The van der Waals surface area contributed by atoms with Crippen LogP contribution < -0.4 is 5.43 Å². The van der Waals surface area contributed by atoms with E-state index < -0.39 is 23.5 Å². The summed E-state index contributed by atoms with van der Waals surface area (Å²) in [5.74, 6) is -0.436. The van der Waals surface area contributed by atoms with E-state index in [0.717, 1.165) is 5.01 Å². The maximum absolute atomic E-state index is 13.7. The lowest BCUT2D eigenvalue weighted by molar-refractivity contribution is -0.191. The number of amides is 1. The van der Waals surface area contributed by atoms with Crippen LogP contribution in [0.25, 0.3) is 10.8 Å². The Bertz CT molecular complexity index is 883. The van der Waals surface area contributed by atoms with E-state index in [4.69, 9.17) is 5.26 Å². The fourth-order valence-corrected chi connectivity index (χ4v) is 3.09. The number of hydrogen-bond acceptors (Lipinski definition) is 3. The first kappa shape index (κ1) is 17.2. The normalized spacial score (nSPS) is 18.8. The number of benzene rings is 2. The van der Waals surface area contributed by atoms with Gasteiger partial charge in [-0.3, -0.25) is 10.2 Å². The lowest BCUT2D eigenvalue weighted by atomic mass is 9.93. The van der Waals surface area contributed by atoms with Crippen LogP contribution in [0.2, 0.25) is 0 Å². The molecule has 1 heterocycles. The highest BCUT2D eigenvalue weighted by Gasteiger charge is 2.51. The monoisotopic (exact) mass is 347 g/mol. The lowest BCUT2D eigenvalue weighted by Crippen LogP contribution is -2.43. The molecular weight excluding hydrogens is 331 g/mol. The van der Waals surface area contributed by atoms with Gasteiger partial charge in [-0.05, 0) is 42.3 Å². The van der Waals surface area contributed by atoms with Gasteiger partial charge in [-0.25, -0.2) is 5.01 Å². The highest BCUT2D eigenvalue weighted by Crippen LogP contribution is 2.41. The molecule has 0 aliphatic carbocycles. The fourth-order valence-electron chi connectivity index (χ4n) is 3.09. The van der Waals surface area contributed by atoms with Crippen LogP contribution in [0.15, 0.2) is 36.4 Å². The highest BCUT2D eigenvalue weighted by molar-refractivity contribution is 5.88. The molecule has 4 nitrogen and oxygen atoms in total. The number of nitrogens with zero attached hydrogens (tertiary/aromatic N) is 2. The minimum Gasteiger partial charge on any atom is -0.287 e. The molecule has 0 aromatic heterocycles. The molecule has 0 radical (unpaired) electrons. The zero-order valence-electron chi connectivity index (χ0n) is 13.7. The highest BCUT2D eigenvalue weighted by atomic mass is 19.4. The number of halogens is 3. The molecule has 7 heteroatoms. The SMILES string of the molecule is CC1(C)CN(C(c2ccc3c(C#N)cccc3c2)C(F)(F)F)NC1=O. The molecule has 1 aliphatic heterocycles. The van der Waals surface area contributed by atoms with E-state index in [1.807, 2.05) is 6.07 Å². The van der Waals surface area contributed by atoms with Gasteiger partial charge in [-0.15, -0.1) is 0 Å². The van der Waals surface area contributed by atoms with Crippen molar-refractivity contribution in [2.45, 2.75) is 26.1 Å². The zero-order chi connectivity index (χ0) is 18.4. The van der Waals surface area contributed by atoms with E-state index in [9.17, 15) is 18.0 Å². The molecule has 1 unspecified atom stereocenters. The molecule has 1 atom stereocenters. The first-order chi connectivity index (χ1) is 11.6. The minimum absolute atomic E-state index is 0.0214. The third-order valence-corrected chi connectivity index (χ3v) is 4.39. The lowest BCUT2D eigenvalue weighted by Gasteiger charge is -2.30. The summed E-state index contributed by atoms with van der Waals surface area (Å²) in [5.41, 5.74) is 1.87. The van der Waals surface area contributed by atoms with Crippen molar-refractivity contribution in [2.75, 3.05) is 6.54 Å². The van der Waals surface area contributed by atoms with Crippen molar-refractivity contribution in [2.24, 2.45) is 5.41 Å². The summed E-state index contributed by atoms with van der Waals surface area (Å²) in [6.07, 6.45) is -4.56. The topological polar surface area (TPSA) is 56.1 Å². The number of hydrogen-bond donors (Lipinski definition) is 1. The number of hydrazine groups is 1. The van der Waals surface area contributed by atoms with Gasteiger partial charge in [0.25, 0.3) is 0 Å². The number of fused-ring (bicyclic) bond motifs is 1.